The normalized spacial score (nSPS) is 21.2. The number of halogens is 1. The SMILES string of the molecule is N#Cc1ccc(C2C3=C(CCC3=O)N(c3cccc(CF)c3)C(=O)N2C(=O)NC2CS(=O)(=O)C2)cc1. The quantitative estimate of drug-likeness (QED) is 0.676. The van der Waals surface area contributed by atoms with Gasteiger partial charge in [-0.3, -0.25) is 9.69 Å². The molecule has 5 rings (SSSR count). The smallest absolute Gasteiger partial charge is 0.333 e. The summed E-state index contributed by atoms with van der Waals surface area (Å²) in [6.07, 6.45) is 0.406. The summed E-state index contributed by atoms with van der Waals surface area (Å²) >= 11 is 0. The molecule has 2 heterocycles. The van der Waals surface area contributed by atoms with Crippen molar-refractivity contribution in [3.05, 3.63) is 76.5 Å². The van der Waals surface area contributed by atoms with Crippen LogP contribution in [0.2, 0.25) is 0 Å². The summed E-state index contributed by atoms with van der Waals surface area (Å²) in [4.78, 5) is 42.7. The van der Waals surface area contributed by atoms with Crippen LogP contribution in [0, 0.1) is 11.3 Å². The standard InChI is InChI=1S/C25H21FN4O5S/c26-11-16-2-1-3-19(10-16)29-20-8-9-21(31)22(20)23(17-6-4-15(12-27)5-7-17)30(25(29)33)24(32)28-18-13-36(34,35)14-18/h1-7,10,18,23H,8-9,11,13-14H2,(H,28,32). The summed E-state index contributed by atoms with van der Waals surface area (Å²) < 4.78 is 36.6. The summed E-state index contributed by atoms with van der Waals surface area (Å²) in [6, 6.07) is 11.2. The fourth-order valence-corrected chi connectivity index (χ4v) is 6.16. The molecule has 1 aliphatic carbocycles. The first-order valence-corrected chi connectivity index (χ1v) is 13.1. The molecule has 0 bridgehead atoms. The second kappa shape index (κ2) is 8.87. The molecule has 0 spiro atoms. The van der Waals surface area contributed by atoms with Crippen LogP contribution in [0.4, 0.5) is 19.7 Å². The van der Waals surface area contributed by atoms with Gasteiger partial charge in [0, 0.05) is 17.7 Å². The number of nitriles is 1. The lowest BCUT2D eigenvalue weighted by Gasteiger charge is -2.42. The van der Waals surface area contributed by atoms with Crippen molar-refractivity contribution < 1.29 is 27.2 Å². The number of anilines is 1. The number of carbonyl (C=O) groups excluding carboxylic acids is 3. The summed E-state index contributed by atoms with van der Waals surface area (Å²) in [5.41, 5.74) is 2.18. The van der Waals surface area contributed by atoms with Gasteiger partial charge in [0.05, 0.1) is 40.9 Å². The molecule has 0 aromatic heterocycles. The van der Waals surface area contributed by atoms with E-state index in [1.54, 1.807) is 30.3 Å². The molecule has 184 valence electrons. The maximum absolute atomic E-state index is 13.9. The predicted octanol–water partition coefficient (Wildman–Crippen LogP) is 3.13. The van der Waals surface area contributed by atoms with Gasteiger partial charge >= 0.3 is 12.1 Å². The molecular formula is C25H21FN4O5S. The van der Waals surface area contributed by atoms with E-state index in [2.05, 4.69) is 5.32 Å². The van der Waals surface area contributed by atoms with Crippen molar-refractivity contribution in [1.29, 1.82) is 5.26 Å². The van der Waals surface area contributed by atoms with Gasteiger partial charge in [0.15, 0.2) is 15.6 Å². The van der Waals surface area contributed by atoms with Crippen LogP contribution in [0.1, 0.15) is 35.6 Å². The van der Waals surface area contributed by atoms with Crippen molar-refractivity contribution in [2.45, 2.75) is 31.6 Å². The van der Waals surface area contributed by atoms with Crippen molar-refractivity contribution in [2.24, 2.45) is 0 Å². The van der Waals surface area contributed by atoms with E-state index in [1.165, 1.54) is 23.1 Å². The highest BCUT2D eigenvalue weighted by Crippen LogP contribution is 2.45. The maximum Gasteiger partial charge on any atom is 0.337 e. The Balaban J connectivity index is 1.63. The molecule has 1 fully saturated rings. The molecule has 9 nitrogen and oxygen atoms in total. The number of benzene rings is 2. The Morgan fingerprint density at radius 1 is 1.11 bits per heavy atom. The van der Waals surface area contributed by atoms with Crippen LogP contribution in [-0.4, -0.2) is 48.7 Å². The number of ketones is 1. The lowest BCUT2D eigenvalue weighted by Crippen LogP contribution is -2.60. The third kappa shape index (κ3) is 4.03. The number of hydrogen-bond donors (Lipinski definition) is 1. The Labute approximate surface area is 206 Å². The molecular weight excluding hydrogens is 487 g/mol. The topological polar surface area (TPSA) is 128 Å². The van der Waals surface area contributed by atoms with Gasteiger partial charge < -0.3 is 5.32 Å². The number of nitrogens with one attached hydrogen (secondary N) is 1. The Kier molecular flexibility index (Phi) is 5.84. The third-order valence-corrected chi connectivity index (χ3v) is 8.35. The number of nitrogens with zero attached hydrogens (tertiary/aromatic N) is 3. The van der Waals surface area contributed by atoms with Gasteiger partial charge in [0.1, 0.15) is 6.67 Å². The van der Waals surface area contributed by atoms with Crippen molar-refractivity contribution in [1.82, 2.24) is 10.2 Å². The molecule has 1 unspecified atom stereocenters. The van der Waals surface area contributed by atoms with Crippen molar-refractivity contribution in [3.8, 4) is 6.07 Å². The zero-order chi connectivity index (χ0) is 25.6. The van der Waals surface area contributed by atoms with Gasteiger partial charge in [-0.25, -0.2) is 27.3 Å². The van der Waals surface area contributed by atoms with E-state index in [1.807, 2.05) is 6.07 Å². The fourth-order valence-electron chi connectivity index (χ4n) is 4.86. The van der Waals surface area contributed by atoms with Crippen molar-refractivity contribution in [3.63, 3.8) is 0 Å². The van der Waals surface area contributed by atoms with E-state index in [0.717, 1.165) is 4.90 Å². The van der Waals surface area contributed by atoms with Crippen molar-refractivity contribution >= 4 is 33.4 Å². The lowest BCUT2D eigenvalue weighted by atomic mass is 9.92. The number of sulfone groups is 1. The molecule has 2 aromatic carbocycles. The van der Waals surface area contributed by atoms with E-state index in [9.17, 15) is 27.2 Å². The number of alkyl halides is 1. The Morgan fingerprint density at radius 3 is 2.47 bits per heavy atom. The minimum Gasteiger partial charge on any atom is -0.333 e. The van der Waals surface area contributed by atoms with Gasteiger partial charge in [0.2, 0.25) is 0 Å². The molecule has 1 N–H and O–H groups in total. The average Bonchev–Trinajstić information content (AvgIpc) is 3.22. The minimum atomic E-state index is -3.24. The first-order chi connectivity index (χ1) is 17.2. The molecule has 11 heteroatoms. The number of Topliss-reactive ketones (excluding diaryl/α,β-unsaturated/α-hetero) is 1. The van der Waals surface area contributed by atoms with E-state index in [0.29, 0.717) is 28.1 Å². The van der Waals surface area contributed by atoms with E-state index in [4.69, 9.17) is 5.26 Å². The highest BCUT2D eigenvalue weighted by molar-refractivity contribution is 7.92. The van der Waals surface area contributed by atoms with Crippen LogP contribution < -0.4 is 10.2 Å². The Bertz CT molecular complexity index is 1450. The number of rotatable bonds is 4. The van der Waals surface area contributed by atoms with E-state index < -0.39 is 40.7 Å². The van der Waals surface area contributed by atoms with Crippen LogP contribution >= 0.6 is 0 Å². The maximum atomic E-state index is 13.9. The van der Waals surface area contributed by atoms with E-state index in [-0.39, 0.29) is 35.7 Å². The van der Waals surface area contributed by atoms with Crippen molar-refractivity contribution in [2.75, 3.05) is 16.4 Å². The number of hydrogen-bond acceptors (Lipinski definition) is 6. The first kappa shape index (κ1) is 23.7. The summed E-state index contributed by atoms with van der Waals surface area (Å²) in [5, 5.41) is 11.8. The third-order valence-electron chi connectivity index (χ3n) is 6.53. The van der Waals surface area contributed by atoms with Crippen LogP contribution in [0.25, 0.3) is 0 Å². The molecule has 1 atom stereocenters. The zero-order valence-electron chi connectivity index (χ0n) is 19.0. The molecule has 1 saturated heterocycles. The summed E-state index contributed by atoms with van der Waals surface area (Å²) in [7, 11) is -3.24. The van der Waals surface area contributed by atoms with Crippen LogP contribution in [0.15, 0.2) is 59.8 Å². The monoisotopic (exact) mass is 508 g/mol. The minimum absolute atomic E-state index is 0.139. The van der Waals surface area contributed by atoms with Gasteiger partial charge in [0.25, 0.3) is 0 Å². The van der Waals surface area contributed by atoms with Gasteiger partial charge in [-0.05, 0) is 41.8 Å². The second-order valence-corrected chi connectivity index (χ2v) is 11.1. The lowest BCUT2D eigenvalue weighted by molar-refractivity contribution is -0.115. The fraction of sp³-hybridized carbons (Fsp3) is 0.280. The Hall–Kier alpha value is -4.04. The predicted molar refractivity (Wildman–Crippen MR) is 127 cm³/mol. The molecule has 0 radical (unpaired) electrons. The van der Waals surface area contributed by atoms with Gasteiger partial charge in [-0.1, -0.05) is 24.3 Å². The van der Waals surface area contributed by atoms with E-state index >= 15 is 0 Å². The Morgan fingerprint density at radius 2 is 1.83 bits per heavy atom. The second-order valence-electron chi connectivity index (χ2n) is 8.93. The van der Waals surface area contributed by atoms with Gasteiger partial charge in [-0.15, -0.1) is 0 Å². The van der Waals surface area contributed by atoms with Crippen LogP contribution in [0.3, 0.4) is 0 Å². The zero-order valence-corrected chi connectivity index (χ0v) is 19.8. The highest BCUT2D eigenvalue weighted by atomic mass is 32.2. The molecule has 2 aliphatic heterocycles. The summed E-state index contributed by atoms with van der Waals surface area (Å²) in [6.45, 7) is -0.755. The number of allylic oxidation sites excluding steroid dienone is 1. The number of amides is 4. The largest absolute Gasteiger partial charge is 0.337 e. The molecule has 4 amide bonds. The van der Waals surface area contributed by atoms with Gasteiger partial charge in [-0.2, -0.15) is 5.26 Å². The highest BCUT2D eigenvalue weighted by Gasteiger charge is 2.49. The average molecular weight is 509 g/mol. The number of carbonyl (C=O) groups is 3. The molecule has 3 aliphatic rings. The number of urea groups is 2. The molecule has 0 saturated carbocycles. The molecule has 2 aromatic rings. The molecule has 36 heavy (non-hydrogen) atoms. The van der Waals surface area contributed by atoms with Crippen LogP contribution in [-0.2, 0) is 21.3 Å². The summed E-state index contributed by atoms with van der Waals surface area (Å²) in [5.74, 6) is -0.711. The first-order valence-electron chi connectivity index (χ1n) is 11.3. The number of imide groups is 1. The van der Waals surface area contributed by atoms with Crippen LogP contribution in [0.5, 0.6) is 0 Å².